The van der Waals surface area contributed by atoms with Gasteiger partial charge in [0, 0.05) is 52.0 Å². The van der Waals surface area contributed by atoms with Crippen molar-refractivity contribution in [3.63, 3.8) is 0 Å². The fourth-order valence-electron chi connectivity index (χ4n) is 4.58. The van der Waals surface area contributed by atoms with Crippen LogP contribution in [0, 0.1) is 0 Å². The van der Waals surface area contributed by atoms with Gasteiger partial charge in [-0.25, -0.2) is 0 Å². The van der Waals surface area contributed by atoms with Crippen molar-refractivity contribution in [2.24, 2.45) is 0 Å². The van der Waals surface area contributed by atoms with Crippen molar-refractivity contribution < 1.29 is 14.3 Å². The number of rotatable bonds is 6. The normalized spacial score (nSPS) is 17.4. The lowest BCUT2D eigenvalue weighted by atomic mass is 10.00. The Labute approximate surface area is 195 Å². The number of ether oxygens (including phenoxy) is 1. The lowest BCUT2D eigenvalue weighted by Gasteiger charge is -2.38. The highest BCUT2D eigenvalue weighted by atomic mass is 16.5. The van der Waals surface area contributed by atoms with Gasteiger partial charge in [-0.15, -0.1) is 0 Å². The van der Waals surface area contributed by atoms with E-state index in [1.165, 1.54) is 23.9 Å². The predicted molar refractivity (Wildman–Crippen MR) is 130 cm³/mol. The summed E-state index contributed by atoms with van der Waals surface area (Å²) in [6, 6.07) is 13.7. The zero-order valence-corrected chi connectivity index (χ0v) is 19.6. The standard InChI is InChI=1S/C25H33N5O3/c1-28-12-14-30(15-13-28)22(18-8-9-21-19(16-18)10-11-29(21)2)17-26-24(31)25(32)27-20-6-4-5-7-23(20)33-3/h4-9,16,22H,10-15,17H2,1-3H3,(H,26,31)(H,27,32). The third-order valence-corrected chi connectivity index (χ3v) is 6.61. The van der Waals surface area contributed by atoms with Crippen molar-refractivity contribution in [3.8, 4) is 5.75 Å². The summed E-state index contributed by atoms with van der Waals surface area (Å²) in [4.78, 5) is 32.2. The number of nitrogens with one attached hydrogen (secondary N) is 2. The lowest BCUT2D eigenvalue weighted by molar-refractivity contribution is -0.136. The molecule has 2 aliphatic heterocycles. The second kappa shape index (κ2) is 10.2. The van der Waals surface area contributed by atoms with Crippen LogP contribution in [-0.4, -0.2) is 82.1 Å². The van der Waals surface area contributed by atoms with E-state index in [9.17, 15) is 9.59 Å². The van der Waals surface area contributed by atoms with Crippen LogP contribution in [0.5, 0.6) is 5.75 Å². The zero-order chi connectivity index (χ0) is 23.4. The van der Waals surface area contributed by atoms with E-state index in [0.29, 0.717) is 18.0 Å². The Hall–Kier alpha value is -3.10. The number of para-hydroxylation sites is 2. The molecule has 2 aromatic rings. The number of nitrogens with zero attached hydrogens (tertiary/aromatic N) is 3. The van der Waals surface area contributed by atoms with Crippen molar-refractivity contribution in [3.05, 3.63) is 53.6 Å². The number of fused-ring (bicyclic) bond motifs is 1. The van der Waals surface area contributed by atoms with Crippen LogP contribution < -0.4 is 20.3 Å². The molecule has 2 aromatic carbocycles. The molecule has 0 bridgehead atoms. The average Bonchev–Trinajstić information content (AvgIpc) is 3.20. The molecule has 1 atom stereocenters. The molecule has 0 aromatic heterocycles. The molecule has 1 fully saturated rings. The smallest absolute Gasteiger partial charge is 0.313 e. The maximum absolute atomic E-state index is 12.7. The van der Waals surface area contributed by atoms with E-state index < -0.39 is 11.8 Å². The van der Waals surface area contributed by atoms with Crippen LogP contribution in [0.2, 0.25) is 0 Å². The molecule has 0 aliphatic carbocycles. The fourth-order valence-corrected chi connectivity index (χ4v) is 4.58. The third-order valence-electron chi connectivity index (χ3n) is 6.61. The monoisotopic (exact) mass is 451 g/mol. The molecule has 2 amide bonds. The highest BCUT2D eigenvalue weighted by molar-refractivity contribution is 6.39. The molecule has 0 spiro atoms. The molecule has 0 saturated carbocycles. The van der Waals surface area contributed by atoms with Gasteiger partial charge >= 0.3 is 11.8 Å². The second-order valence-corrected chi connectivity index (χ2v) is 8.78. The fraction of sp³-hybridized carbons (Fsp3) is 0.440. The molecule has 2 aliphatic rings. The number of likely N-dealkylation sites (N-methyl/N-ethyl adjacent to an activating group) is 2. The van der Waals surface area contributed by atoms with Crippen molar-refractivity contribution in [2.75, 3.05) is 70.7 Å². The summed E-state index contributed by atoms with van der Waals surface area (Å²) < 4.78 is 5.25. The van der Waals surface area contributed by atoms with Crippen molar-refractivity contribution in [2.45, 2.75) is 12.5 Å². The zero-order valence-electron chi connectivity index (χ0n) is 19.6. The first-order valence-corrected chi connectivity index (χ1v) is 11.4. The highest BCUT2D eigenvalue weighted by Crippen LogP contribution is 2.31. The van der Waals surface area contributed by atoms with Gasteiger partial charge in [-0.2, -0.15) is 0 Å². The van der Waals surface area contributed by atoms with E-state index in [-0.39, 0.29) is 6.04 Å². The van der Waals surface area contributed by atoms with Crippen LogP contribution in [0.25, 0.3) is 0 Å². The summed E-state index contributed by atoms with van der Waals surface area (Å²) in [6.07, 6.45) is 1.03. The Morgan fingerprint density at radius 2 is 1.76 bits per heavy atom. The van der Waals surface area contributed by atoms with E-state index in [2.05, 4.69) is 57.6 Å². The van der Waals surface area contributed by atoms with E-state index in [0.717, 1.165) is 39.1 Å². The molecule has 2 heterocycles. The minimum absolute atomic E-state index is 0.0120. The molecule has 0 radical (unpaired) electrons. The number of methoxy groups -OCH3 is 1. The van der Waals surface area contributed by atoms with Crippen LogP contribution in [-0.2, 0) is 16.0 Å². The number of carbonyl (C=O) groups excluding carboxylic acids is 2. The predicted octanol–water partition coefficient (Wildman–Crippen LogP) is 1.73. The molecule has 1 unspecified atom stereocenters. The number of benzene rings is 2. The van der Waals surface area contributed by atoms with E-state index in [1.807, 2.05) is 6.07 Å². The number of carbonyl (C=O) groups is 2. The summed E-state index contributed by atoms with van der Waals surface area (Å²) in [6.45, 7) is 5.19. The van der Waals surface area contributed by atoms with Gasteiger partial charge in [0.1, 0.15) is 5.75 Å². The molecule has 4 rings (SSSR count). The van der Waals surface area contributed by atoms with Crippen molar-refractivity contribution >= 4 is 23.2 Å². The SMILES string of the molecule is COc1ccccc1NC(=O)C(=O)NCC(c1ccc2c(c1)CCN2C)N1CCN(C)CC1. The number of piperazine rings is 1. The van der Waals surface area contributed by atoms with Crippen LogP contribution in [0.15, 0.2) is 42.5 Å². The van der Waals surface area contributed by atoms with Crippen molar-refractivity contribution in [1.82, 2.24) is 15.1 Å². The lowest BCUT2D eigenvalue weighted by Crippen LogP contribution is -2.49. The van der Waals surface area contributed by atoms with Gasteiger partial charge in [-0.05, 0) is 42.8 Å². The molecular formula is C25H33N5O3. The van der Waals surface area contributed by atoms with E-state index >= 15 is 0 Å². The highest BCUT2D eigenvalue weighted by Gasteiger charge is 2.27. The van der Waals surface area contributed by atoms with Gasteiger partial charge in [-0.3, -0.25) is 14.5 Å². The quantitative estimate of drug-likeness (QED) is 0.652. The molecular weight excluding hydrogens is 418 g/mol. The van der Waals surface area contributed by atoms with Gasteiger partial charge in [0.05, 0.1) is 18.8 Å². The number of anilines is 2. The van der Waals surface area contributed by atoms with Crippen LogP contribution >= 0.6 is 0 Å². The van der Waals surface area contributed by atoms with Gasteiger partial charge in [-0.1, -0.05) is 24.3 Å². The molecule has 8 heteroatoms. The number of hydrogen-bond acceptors (Lipinski definition) is 6. The maximum atomic E-state index is 12.7. The minimum Gasteiger partial charge on any atom is -0.495 e. The molecule has 1 saturated heterocycles. The first-order valence-electron chi connectivity index (χ1n) is 11.4. The van der Waals surface area contributed by atoms with Crippen molar-refractivity contribution in [1.29, 1.82) is 0 Å². The maximum Gasteiger partial charge on any atom is 0.313 e. The summed E-state index contributed by atoms with van der Waals surface area (Å²) in [7, 11) is 5.77. The molecule has 2 N–H and O–H groups in total. The largest absolute Gasteiger partial charge is 0.495 e. The summed E-state index contributed by atoms with van der Waals surface area (Å²) >= 11 is 0. The Balaban J connectivity index is 1.46. The Morgan fingerprint density at radius 1 is 1.00 bits per heavy atom. The van der Waals surface area contributed by atoms with E-state index in [1.54, 1.807) is 18.2 Å². The number of amides is 2. The summed E-state index contributed by atoms with van der Waals surface area (Å²) in [5.41, 5.74) is 4.27. The molecule has 176 valence electrons. The summed E-state index contributed by atoms with van der Waals surface area (Å²) in [5, 5.41) is 5.51. The van der Waals surface area contributed by atoms with Gasteiger partial charge < -0.3 is 25.2 Å². The Kier molecular flexibility index (Phi) is 7.15. The average molecular weight is 452 g/mol. The van der Waals surface area contributed by atoms with Gasteiger partial charge in [0.25, 0.3) is 0 Å². The second-order valence-electron chi connectivity index (χ2n) is 8.78. The molecule has 33 heavy (non-hydrogen) atoms. The number of hydrogen-bond donors (Lipinski definition) is 2. The van der Waals surface area contributed by atoms with Crippen LogP contribution in [0.1, 0.15) is 17.2 Å². The minimum atomic E-state index is -0.702. The third kappa shape index (κ3) is 5.29. The Morgan fingerprint density at radius 3 is 2.52 bits per heavy atom. The van der Waals surface area contributed by atoms with Crippen LogP contribution in [0.4, 0.5) is 11.4 Å². The van der Waals surface area contributed by atoms with Gasteiger partial charge in [0.2, 0.25) is 0 Å². The van der Waals surface area contributed by atoms with E-state index in [4.69, 9.17) is 4.74 Å². The first kappa shape index (κ1) is 23.1. The van der Waals surface area contributed by atoms with Crippen LogP contribution in [0.3, 0.4) is 0 Å². The summed E-state index contributed by atoms with van der Waals surface area (Å²) in [5.74, 6) is -0.842. The Bertz CT molecular complexity index is 1000. The first-order chi connectivity index (χ1) is 16.0. The topological polar surface area (TPSA) is 77.1 Å². The van der Waals surface area contributed by atoms with Gasteiger partial charge in [0.15, 0.2) is 0 Å². The molecule has 8 nitrogen and oxygen atoms in total.